The molecular formula is C18H28N2OS. The minimum absolute atomic E-state index is 0.0359. The Morgan fingerprint density at radius 1 is 1.05 bits per heavy atom. The van der Waals surface area contributed by atoms with Gasteiger partial charge in [-0.15, -0.1) is 0 Å². The van der Waals surface area contributed by atoms with Crippen LogP contribution in [0.1, 0.15) is 64.5 Å². The Morgan fingerprint density at radius 3 is 1.91 bits per heavy atom. The van der Waals surface area contributed by atoms with E-state index in [-0.39, 0.29) is 10.7 Å². The van der Waals surface area contributed by atoms with Gasteiger partial charge >= 0.3 is 0 Å². The number of nitrogens with zero attached hydrogens (tertiary/aromatic N) is 2. The number of para-hydroxylation sites is 1. The zero-order chi connectivity index (χ0) is 16.7. The molecule has 1 aliphatic heterocycles. The van der Waals surface area contributed by atoms with E-state index in [4.69, 9.17) is 12.2 Å². The van der Waals surface area contributed by atoms with Crippen molar-refractivity contribution in [3.8, 4) is 0 Å². The summed E-state index contributed by atoms with van der Waals surface area (Å²) in [5.74, 6) is 0.814. The lowest BCUT2D eigenvalue weighted by Gasteiger charge is -2.41. The van der Waals surface area contributed by atoms with Gasteiger partial charge in [0.05, 0.1) is 18.3 Å². The van der Waals surface area contributed by atoms with Gasteiger partial charge in [-0.1, -0.05) is 45.9 Å². The third-order valence-corrected chi connectivity index (χ3v) is 5.19. The molecule has 3 nitrogen and oxygen atoms in total. The van der Waals surface area contributed by atoms with Gasteiger partial charge in [0.1, 0.15) is 6.54 Å². The number of hydrogen-bond donors (Lipinski definition) is 0. The standard InChI is InChI=1S/C18H28N2OS/c1-12(2)15-8-7-9-16(13(3)4)17(15)19-10-11-20(21,14(5)6)18(19)22/h7-9,12-14H,10-11H2,1-6H3. The average Bonchev–Trinajstić information content (AvgIpc) is 2.75. The van der Waals surface area contributed by atoms with E-state index in [9.17, 15) is 5.21 Å². The molecule has 1 aromatic carbocycles. The largest absolute Gasteiger partial charge is 0.625 e. The van der Waals surface area contributed by atoms with Crippen LogP contribution in [0.15, 0.2) is 18.2 Å². The second kappa shape index (κ2) is 6.26. The fraction of sp³-hybridized carbons (Fsp3) is 0.611. The first kappa shape index (κ1) is 17.4. The lowest BCUT2D eigenvalue weighted by atomic mass is 9.92. The van der Waals surface area contributed by atoms with Crippen LogP contribution >= 0.6 is 12.2 Å². The summed E-state index contributed by atoms with van der Waals surface area (Å²) in [6.45, 7) is 14.0. The van der Waals surface area contributed by atoms with Crippen molar-refractivity contribution in [3.05, 3.63) is 34.5 Å². The first-order valence-corrected chi connectivity index (χ1v) is 8.64. The summed E-state index contributed by atoms with van der Waals surface area (Å²) in [6.07, 6.45) is 0. The molecule has 0 amide bonds. The minimum atomic E-state index is -0.376. The van der Waals surface area contributed by atoms with Crippen molar-refractivity contribution in [1.29, 1.82) is 0 Å². The van der Waals surface area contributed by atoms with Crippen molar-refractivity contribution < 1.29 is 4.65 Å². The normalized spacial score (nSPS) is 22.5. The van der Waals surface area contributed by atoms with Gasteiger partial charge in [-0.05, 0) is 36.8 Å². The Labute approximate surface area is 140 Å². The Bertz CT molecular complexity index is 542. The van der Waals surface area contributed by atoms with Gasteiger partial charge in [-0.2, -0.15) is 0 Å². The van der Waals surface area contributed by atoms with Crippen LogP contribution in [0.3, 0.4) is 0 Å². The van der Waals surface area contributed by atoms with Crippen LogP contribution in [0.25, 0.3) is 0 Å². The molecule has 22 heavy (non-hydrogen) atoms. The molecule has 1 unspecified atom stereocenters. The quantitative estimate of drug-likeness (QED) is 0.454. The number of thiocarbonyl (C=S) groups is 1. The molecule has 122 valence electrons. The molecule has 0 bridgehead atoms. The molecule has 0 N–H and O–H groups in total. The van der Waals surface area contributed by atoms with Gasteiger partial charge in [0.15, 0.2) is 0 Å². The Morgan fingerprint density at radius 2 is 1.55 bits per heavy atom. The molecule has 2 rings (SSSR count). The molecule has 1 atom stereocenters. The lowest BCUT2D eigenvalue weighted by Crippen LogP contribution is -2.50. The second-order valence-corrected chi connectivity index (χ2v) is 7.51. The SMILES string of the molecule is CC(C)c1cccc(C(C)C)c1N1CC[N+]([O-])(C(C)C)C1=S. The monoisotopic (exact) mass is 320 g/mol. The van der Waals surface area contributed by atoms with E-state index >= 15 is 0 Å². The zero-order valence-electron chi connectivity index (χ0n) is 14.6. The highest BCUT2D eigenvalue weighted by Crippen LogP contribution is 2.38. The molecule has 0 aromatic heterocycles. The zero-order valence-corrected chi connectivity index (χ0v) is 15.4. The van der Waals surface area contributed by atoms with Gasteiger partial charge in [0.2, 0.25) is 0 Å². The summed E-state index contributed by atoms with van der Waals surface area (Å²) in [7, 11) is 0. The van der Waals surface area contributed by atoms with Gasteiger partial charge < -0.3 is 9.85 Å². The van der Waals surface area contributed by atoms with Crippen molar-refractivity contribution >= 4 is 23.0 Å². The number of rotatable bonds is 4. The summed E-state index contributed by atoms with van der Waals surface area (Å²) >= 11 is 5.61. The molecule has 0 aliphatic carbocycles. The summed E-state index contributed by atoms with van der Waals surface area (Å²) in [5, 5.41) is 13.6. The molecular weight excluding hydrogens is 292 g/mol. The Hall–Kier alpha value is -0.970. The second-order valence-electron chi connectivity index (χ2n) is 7.14. The first-order chi connectivity index (χ1) is 10.2. The molecule has 0 spiro atoms. The maximum atomic E-state index is 13.0. The molecule has 0 radical (unpaired) electrons. The van der Waals surface area contributed by atoms with E-state index in [1.807, 2.05) is 13.8 Å². The minimum Gasteiger partial charge on any atom is -0.625 e. The van der Waals surface area contributed by atoms with Crippen molar-refractivity contribution in [2.24, 2.45) is 0 Å². The van der Waals surface area contributed by atoms with Crippen molar-refractivity contribution in [2.45, 2.75) is 59.4 Å². The molecule has 1 aromatic rings. The van der Waals surface area contributed by atoms with Crippen molar-refractivity contribution in [3.63, 3.8) is 0 Å². The third kappa shape index (κ3) is 2.80. The summed E-state index contributed by atoms with van der Waals surface area (Å²) < 4.78 is -0.376. The molecule has 1 fully saturated rings. The van der Waals surface area contributed by atoms with Gasteiger partial charge in [0, 0.05) is 12.2 Å². The van der Waals surface area contributed by atoms with Crippen LogP contribution in [0, 0.1) is 5.21 Å². The van der Waals surface area contributed by atoms with Crippen LogP contribution in [0.2, 0.25) is 0 Å². The van der Waals surface area contributed by atoms with Crippen molar-refractivity contribution in [2.75, 3.05) is 18.0 Å². The van der Waals surface area contributed by atoms with Crippen LogP contribution in [-0.4, -0.2) is 28.9 Å². The number of quaternary nitrogens is 1. The van der Waals surface area contributed by atoms with E-state index in [1.54, 1.807) is 0 Å². The Balaban J connectivity index is 2.55. The van der Waals surface area contributed by atoms with E-state index in [0.717, 1.165) is 0 Å². The lowest BCUT2D eigenvalue weighted by molar-refractivity contribution is -0.802. The predicted octanol–water partition coefficient (Wildman–Crippen LogP) is 4.76. The maximum Gasteiger partial charge on any atom is 0.277 e. The smallest absolute Gasteiger partial charge is 0.277 e. The maximum absolute atomic E-state index is 13.0. The highest BCUT2D eigenvalue weighted by Gasteiger charge is 2.41. The average molecular weight is 321 g/mol. The van der Waals surface area contributed by atoms with Gasteiger partial charge in [-0.3, -0.25) is 4.90 Å². The summed E-state index contributed by atoms with van der Waals surface area (Å²) in [6, 6.07) is 6.42. The van der Waals surface area contributed by atoms with Crippen LogP contribution < -0.4 is 4.90 Å². The summed E-state index contributed by atoms with van der Waals surface area (Å²) in [5.41, 5.74) is 3.74. The van der Waals surface area contributed by atoms with Gasteiger partial charge in [0.25, 0.3) is 5.11 Å². The van der Waals surface area contributed by atoms with E-state index in [0.29, 0.717) is 30.0 Å². The fourth-order valence-electron chi connectivity index (χ4n) is 3.15. The number of hydroxylamine groups is 3. The van der Waals surface area contributed by atoms with Gasteiger partial charge in [-0.25, -0.2) is 0 Å². The van der Waals surface area contributed by atoms with Crippen molar-refractivity contribution in [1.82, 2.24) is 0 Å². The molecule has 4 heteroatoms. The Kier molecular flexibility index (Phi) is 4.95. The predicted molar refractivity (Wildman–Crippen MR) is 98.2 cm³/mol. The van der Waals surface area contributed by atoms with E-state index in [2.05, 4.69) is 50.8 Å². The number of hydrogen-bond acceptors (Lipinski definition) is 2. The van der Waals surface area contributed by atoms with Crippen LogP contribution in [-0.2, 0) is 0 Å². The summed E-state index contributed by atoms with van der Waals surface area (Å²) in [4.78, 5) is 2.10. The fourth-order valence-corrected chi connectivity index (χ4v) is 3.64. The third-order valence-electron chi connectivity index (χ3n) is 4.66. The van der Waals surface area contributed by atoms with E-state index in [1.165, 1.54) is 16.8 Å². The number of benzene rings is 1. The molecule has 1 saturated heterocycles. The number of anilines is 1. The first-order valence-electron chi connectivity index (χ1n) is 8.23. The molecule has 1 heterocycles. The highest BCUT2D eigenvalue weighted by molar-refractivity contribution is 7.80. The van der Waals surface area contributed by atoms with E-state index < -0.39 is 0 Å². The molecule has 0 saturated carbocycles. The van der Waals surface area contributed by atoms with Crippen LogP contribution in [0.4, 0.5) is 5.69 Å². The topological polar surface area (TPSA) is 26.3 Å². The van der Waals surface area contributed by atoms with Crippen LogP contribution in [0.5, 0.6) is 0 Å². The highest BCUT2D eigenvalue weighted by atomic mass is 32.1. The molecule has 1 aliphatic rings.